The van der Waals surface area contributed by atoms with E-state index in [1.807, 2.05) is 24.3 Å². The van der Waals surface area contributed by atoms with Crippen molar-refractivity contribution in [3.63, 3.8) is 0 Å². The fourth-order valence-corrected chi connectivity index (χ4v) is 2.64. The van der Waals surface area contributed by atoms with Gasteiger partial charge in [0.15, 0.2) is 0 Å². The van der Waals surface area contributed by atoms with Gasteiger partial charge in [0, 0.05) is 23.6 Å². The minimum Gasteiger partial charge on any atom is -0.396 e. The van der Waals surface area contributed by atoms with Crippen LogP contribution in [0.3, 0.4) is 0 Å². The van der Waals surface area contributed by atoms with Crippen LogP contribution in [0.1, 0.15) is 18.4 Å². The molecule has 1 heterocycles. The van der Waals surface area contributed by atoms with Gasteiger partial charge in [-0.25, -0.2) is 4.98 Å². The first-order chi connectivity index (χ1) is 9.29. The summed E-state index contributed by atoms with van der Waals surface area (Å²) >= 11 is 1.66. The molecular weight excluding hydrogens is 260 g/mol. The summed E-state index contributed by atoms with van der Waals surface area (Å²) < 4.78 is 0. The van der Waals surface area contributed by atoms with E-state index in [2.05, 4.69) is 10.3 Å². The van der Waals surface area contributed by atoms with Crippen LogP contribution < -0.4 is 5.32 Å². The molecule has 0 atom stereocenters. The lowest BCUT2D eigenvalue weighted by Gasteiger charge is -2.10. The number of thioether (sulfide) groups is 1. The van der Waals surface area contributed by atoms with Crippen LogP contribution in [0.4, 0.5) is 5.82 Å². The predicted octanol–water partition coefficient (Wildman–Crippen LogP) is 2.21. The molecule has 0 spiro atoms. The second kappa shape index (κ2) is 7.31. The van der Waals surface area contributed by atoms with E-state index >= 15 is 0 Å². The Balaban J connectivity index is 1.89. The van der Waals surface area contributed by atoms with Crippen molar-refractivity contribution in [2.24, 2.45) is 5.92 Å². The van der Waals surface area contributed by atoms with Gasteiger partial charge in [0.05, 0.1) is 6.61 Å². The molecule has 0 saturated carbocycles. The summed E-state index contributed by atoms with van der Waals surface area (Å²) in [5.41, 5.74) is 1.10. The molecule has 1 aromatic rings. The molecule has 1 aliphatic rings. The van der Waals surface area contributed by atoms with Crippen molar-refractivity contribution in [3.8, 4) is 0 Å². The van der Waals surface area contributed by atoms with Crippen molar-refractivity contribution >= 4 is 23.5 Å². The lowest BCUT2D eigenvalue weighted by molar-refractivity contribution is -0.119. The second-order valence-electron chi connectivity index (χ2n) is 4.45. The summed E-state index contributed by atoms with van der Waals surface area (Å²) in [6.07, 6.45) is 7.42. The van der Waals surface area contributed by atoms with Gasteiger partial charge in [0.2, 0.25) is 5.91 Å². The Morgan fingerprint density at radius 2 is 2.26 bits per heavy atom. The Kier molecular flexibility index (Phi) is 5.42. The molecule has 0 saturated heterocycles. The number of nitrogens with zero attached hydrogens (tertiary/aromatic N) is 1. The SMILES string of the molecule is O=C(Nc1cc(CSCCO)ccn1)C1CC=CC1. The lowest BCUT2D eigenvalue weighted by atomic mass is 10.1. The van der Waals surface area contributed by atoms with Crippen LogP contribution in [-0.4, -0.2) is 28.4 Å². The third kappa shape index (κ3) is 4.36. The van der Waals surface area contributed by atoms with Crippen molar-refractivity contribution in [1.82, 2.24) is 4.98 Å². The van der Waals surface area contributed by atoms with Gasteiger partial charge in [-0.1, -0.05) is 12.2 Å². The van der Waals surface area contributed by atoms with Gasteiger partial charge in [0.25, 0.3) is 0 Å². The minimum atomic E-state index is 0.0395. The molecule has 0 radical (unpaired) electrons. The van der Waals surface area contributed by atoms with E-state index < -0.39 is 0 Å². The highest BCUT2D eigenvalue weighted by atomic mass is 32.2. The van der Waals surface area contributed by atoms with Gasteiger partial charge in [-0.3, -0.25) is 4.79 Å². The van der Waals surface area contributed by atoms with E-state index in [0.29, 0.717) is 5.82 Å². The van der Waals surface area contributed by atoms with E-state index in [0.717, 1.165) is 29.9 Å². The summed E-state index contributed by atoms with van der Waals surface area (Å²) in [4.78, 5) is 16.1. The third-order valence-corrected chi connectivity index (χ3v) is 3.97. The maximum atomic E-state index is 12.0. The molecule has 1 amide bonds. The van der Waals surface area contributed by atoms with Crippen LogP contribution in [0.2, 0.25) is 0 Å². The quantitative estimate of drug-likeness (QED) is 0.618. The van der Waals surface area contributed by atoms with Crippen LogP contribution in [0.5, 0.6) is 0 Å². The number of aliphatic hydroxyl groups is 1. The molecule has 19 heavy (non-hydrogen) atoms. The monoisotopic (exact) mass is 278 g/mol. The number of aliphatic hydroxyl groups excluding tert-OH is 1. The lowest BCUT2D eigenvalue weighted by Crippen LogP contribution is -2.21. The number of hydrogen-bond acceptors (Lipinski definition) is 4. The molecule has 102 valence electrons. The maximum Gasteiger partial charge on any atom is 0.229 e. The van der Waals surface area contributed by atoms with E-state index in [9.17, 15) is 4.79 Å². The van der Waals surface area contributed by atoms with Gasteiger partial charge in [-0.15, -0.1) is 0 Å². The van der Waals surface area contributed by atoms with Gasteiger partial charge < -0.3 is 10.4 Å². The number of nitrogens with one attached hydrogen (secondary N) is 1. The molecule has 5 heteroatoms. The number of rotatable bonds is 6. The summed E-state index contributed by atoms with van der Waals surface area (Å²) in [7, 11) is 0. The van der Waals surface area contributed by atoms with Crippen LogP contribution in [0.15, 0.2) is 30.5 Å². The average Bonchev–Trinajstić information content (AvgIpc) is 2.93. The zero-order valence-electron chi connectivity index (χ0n) is 10.7. The first-order valence-corrected chi connectivity index (χ1v) is 7.54. The number of anilines is 1. The zero-order valence-corrected chi connectivity index (χ0v) is 11.5. The normalized spacial score (nSPS) is 14.8. The second-order valence-corrected chi connectivity index (χ2v) is 5.56. The van der Waals surface area contributed by atoms with Crippen LogP contribution >= 0.6 is 11.8 Å². The summed E-state index contributed by atoms with van der Waals surface area (Å²) in [6, 6.07) is 3.82. The molecule has 0 unspecified atom stereocenters. The molecule has 0 aliphatic heterocycles. The Bertz CT molecular complexity index is 455. The van der Waals surface area contributed by atoms with E-state index in [1.165, 1.54) is 0 Å². The topological polar surface area (TPSA) is 62.2 Å². The van der Waals surface area contributed by atoms with Crippen LogP contribution in [-0.2, 0) is 10.5 Å². The Morgan fingerprint density at radius 1 is 1.47 bits per heavy atom. The van der Waals surface area contributed by atoms with Crippen molar-refractivity contribution in [2.75, 3.05) is 17.7 Å². The molecular formula is C14H18N2O2S. The van der Waals surface area contributed by atoms with E-state index in [4.69, 9.17) is 5.11 Å². The molecule has 1 aliphatic carbocycles. The van der Waals surface area contributed by atoms with Crippen LogP contribution in [0.25, 0.3) is 0 Å². The van der Waals surface area contributed by atoms with E-state index in [1.54, 1.807) is 18.0 Å². The highest BCUT2D eigenvalue weighted by molar-refractivity contribution is 7.98. The van der Waals surface area contributed by atoms with Crippen LogP contribution in [0, 0.1) is 5.92 Å². The van der Waals surface area contributed by atoms with E-state index in [-0.39, 0.29) is 18.4 Å². The number of aromatic nitrogens is 1. The van der Waals surface area contributed by atoms with Crippen molar-refractivity contribution in [3.05, 3.63) is 36.0 Å². The number of amides is 1. The molecule has 2 N–H and O–H groups in total. The molecule has 0 aromatic carbocycles. The fourth-order valence-electron chi connectivity index (χ4n) is 1.95. The smallest absolute Gasteiger partial charge is 0.229 e. The number of pyridine rings is 1. The zero-order chi connectivity index (χ0) is 13.5. The Morgan fingerprint density at radius 3 is 3.00 bits per heavy atom. The summed E-state index contributed by atoms with van der Waals surface area (Å²) in [6.45, 7) is 0.189. The average molecular weight is 278 g/mol. The molecule has 0 fully saturated rings. The van der Waals surface area contributed by atoms with Gasteiger partial charge >= 0.3 is 0 Å². The predicted molar refractivity (Wildman–Crippen MR) is 78.0 cm³/mol. The van der Waals surface area contributed by atoms with Crippen molar-refractivity contribution in [2.45, 2.75) is 18.6 Å². The summed E-state index contributed by atoms with van der Waals surface area (Å²) in [5.74, 6) is 2.24. The molecule has 0 bridgehead atoms. The minimum absolute atomic E-state index is 0.0395. The number of allylic oxidation sites excluding steroid dienone is 2. The van der Waals surface area contributed by atoms with Gasteiger partial charge in [-0.05, 0) is 30.5 Å². The third-order valence-electron chi connectivity index (χ3n) is 2.96. The number of carbonyl (C=O) groups is 1. The van der Waals surface area contributed by atoms with Crippen molar-refractivity contribution < 1.29 is 9.90 Å². The standard InChI is InChI=1S/C14H18N2O2S/c17-7-8-19-10-11-5-6-15-13(9-11)16-14(18)12-3-1-2-4-12/h1-2,5-6,9,12,17H,3-4,7-8,10H2,(H,15,16,18). The van der Waals surface area contributed by atoms with Crippen molar-refractivity contribution in [1.29, 1.82) is 0 Å². The Hall–Kier alpha value is -1.33. The fraction of sp³-hybridized carbons (Fsp3) is 0.429. The largest absolute Gasteiger partial charge is 0.396 e. The maximum absolute atomic E-state index is 12.0. The van der Waals surface area contributed by atoms with Gasteiger partial charge in [0.1, 0.15) is 5.82 Å². The summed E-state index contributed by atoms with van der Waals surface area (Å²) in [5, 5.41) is 11.6. The first-order valence-electron chi connectivity index (χ1n) is 6.39. The molecule has 2 rings (SSSR count). The number of carbonyl (C=O) groups excluding carboxylic acids is 1. The number of hydrogen-bond donors (Lipinski definition) is 2. The Labute approximate surface area is 117 Å². The van der Waals surface area contributed by atoms with Gasteiger partial charge in [-0.2, -0.15) is 11.8 Å². The highest BCUT2D eigenvalue weighted by Crippen LogP contribution is 2.20. The highest BCUT2D eigenvalue weighted by Gasteiger charge is 2.19. The molecule has 1 aromatic heterocycles. The first kappa shape index (κ1) is 14.1. The molecule has 4 nitrogen and oxygen atoms in total.